The third-order valence-corrected chi connectivity index (χ3v) is 4.91. The van der Waals surface area contributed by atoms with E-state index in [2.05, 4.69) is 44.3 Å². The Labute approximate surface area is 153 Å². The van der Waals surface area contributed by atoms with Gasteiger partial charge in [0.05, 0.1) is 0 Å². The van der Waals surface area contributed by atoms with Crippen LogP contribution in [0.1, 0.15) is 42.0 Å². The van der Waals surface area contributed by atoms with Crippen molar-refractivity contribution in [3.05, 3.63) is 71.3 Å². The molecule has 2 N–H and O–H groups in total. The second kappa shape index (κ2) is 7.60. The maximum atomic E-state index is 9.53. The van der Waals surface area contributed by atoms with Crippen molar-refractivity contribution in [1.82, 2.24) is 14.8 Å². The minimum Gasteiger partial charge on any atom is -0.508 e. The number of anilines is 1. The first-order valence-corrected chi connectivity index (χ1v) is 9.29. The number of nitrogens with zero attached hydrogens (tertiary/aromatic N) is 3. The Hall–Kier alpha value is -2.82. The van der Waals surface area contributed by atoms with Gasteiger partial charge < -0.3 is 15.0 Å². The minimum absolute atomic E-state index is 0.298. The molecule has 2 aromatic carbocycles. The third-order valence-electron chi connectivity index (χ3n) is 4.91. The van der Waals surface area contributed by atoms with E-state index in [0.29, 0.717) is 12.3 Å². The average molecular weight is 348 g/mol. The standard InChI is InChI=1S/C21H24N4O/c26-19-6-4-5-17(13-19)15-22-18-10-8-16(9-11-18)14-21-24-23-20-7-2-1-3-12-25(20)21/h4-6,8-11,13,22,26H,1-3,7,12,14-15H2. The quantitative estimate of drug-likeness (QED) is 0.734. The predicted octanol–water partition coefficient (Wildman–Crippen LogP) is 3.91. The van der Waals surface area contributed by atoms with E-state index in [0.717, 1.165) is 42.3 Å². The number of aromatic hydroxyl groups is 1. The molecule has 0 fully saturated rings. The molecule has 0 bridgehead atoms. The van der Waals surface area contributed by atoms with Gasteiger partial charge in [0.1, 0.15) is 17.4 Å². The lowest BCUT2D eigenvalue weighted by Crippen LogP contribution is -2.06. The van der Waals surface area contributed by atoms with E-state index in [-0.39, 0.29) is 0 Å². The number of aryl methyl sites for hydroxylation is 1. The van der Waals surface area contributed by atoms with Crippen LogP contribution in [0.15, 0.2) is 48.5 Å². The molecule has 134 valence electrons. The summed E-state index contributed by atoms with van der Waals surface area (Å²) in [6, 6.07) is 15.8. The molecule has 5 nitrogen and oxygen atoms in total. The van der Waals surface area contributed by atoms with Crippen LogP contribution in [0.4, 0.5) is 5.69 Å². The fourth-order valence-electron chi connectivity index (χ4n) is 3.47. The highest BCUT2D eigenvalue weighted by Gasteiger charge is 2.14. The number of nitrogens with one attached hydrogen (secondary N) is 1. The van der Waals surface area contributed by atoms with Crippen molar-refractivity contribution in [3.8, 4) is 5.75 Å². The minimum atomic E-state index is 0.298. The molecule has 0 amide bonds. The Morgan fingerprint density at radius 1 is 0.962 bits per heavy atom. The van der Waals surface area contributed by atoms with Crippen LogP contribution < -0.4 is 5.32 Å². The van der Waals surface area contributed by atoms with Gasteiger partial charge in [0, 0.05) is 31.6 Å². The second-order valence-corrected chi connectivity index (χ2v) is 6.89. The van der Waals surface area contributed by atoms with Crippen molar-refractivity contribution in [2.24, 2.45) is 0 Å². The second-order valence-electron chi connectivity index (χ2n) is 6.89. The monoisotopic (exact) mass is 348 g/mol. The van der Waals surface area contributed by atoms with Gasteiger partial charge in [-0.3, -0.25) is 0 Å². The van der Waals surface area contributed by atoms with E-state index >= 15 is 0 Å². The zero-order valence-corrected chi connectivity index (χ0v) is 14.9. The predicted molar refractivity (Wildman–Crippen MR) is 102 cm³/mol. The van der Waals surface area contributed by atoms with E-state index in [9.17, 15) is 5.11 Å². The number of hydrogen-bond acceptors (Lipinski definition) is 4. The maximum absolute atomic E-state index is 9.53. The zero-order valence-electron chi connectivity index (χ0n) is 14.9. The van der Waals surface area contributed by atoms with Crippen molar-refractivity contribution < 1.29 is 5.11 Å². The van der Waals surface area contributed by atoms with Crippen LogP contribution in [-0.2, 0) is 25.9 Å². The fourth-order valence-corrected chi connectivity index (χ4v) is 3.47. The molecule has 0 unspecified atom stereocenters. The fraction of sp³-hybridized carbons (Fsp3) is 0.333. The lowest BCUT2D eigenvalue weighted by molar-refractivity contribution is 0.474. The third kappa shape index (κ3) is 3.87. The largest absolute Gasteiger partial charge is 0.508 e. The zero-order chi connectivity index (χ0) is 17.8. The van der Waals surface area contributed by atoms with E-state index in [1.54, 1.807) is 12.1 Å². The number of rotatable bonds is 5. The summed E-state index contributed by atoms with van der Waals surface area (Å²) >= 11 is 0. The van der Waals surface area contributed by atoms with Crippen LogP contribution in [0.2, 0.25) is 0 Å². The van der Waals surface area contributed by atoms with E-state index < -0.39 is 0 Å². The summed E-state index contributed by atoms with van der Waals surface area (Å²) in [7, 11) is 0. The molecule has 0 atom stereocenters. The van der Waals surface area contributed by atoms with Crippen molar-refractivity contribution in [3.63, 3.8) is 0 Å². The van der Waals surface area contributed by atoms with Gasteiger partial charge in [-0.05, 0) is 48.2 Å². The Morgan fingerprint density at radius 3 is 2.69 bits per heavy atom. The van der Waals surface area contributed by atoms with Gasteiger partial charge in [-0.2, -0.15) is 0 Å². The van der Waals surface area contributed by atoms with Crippen LogP contribution in [0.5, 0.6) is 5.75 Å². The van der Waals surface area contributed by atoms with Gasteiger partial charge in [-0.25, -0.2) is 0 Å². The van der Waals surface area contributed by atoms with Crippen LogP contribution in [0.3, 0.4) is 0 Å². The summed E-state index contributed by atoms with van der Waals surface area (Å²) in [6.45, 7) is 1.73. The number of benzene rings is 2. The summed E-state index contributed by atoms with van der Waals surface area (Å²) in [5, 5.41) is 21.7. The van der Waals surface area contributed by atoms with Crippen molar-refractivity contribution >= 4 is 5.69 Å². The molecule has 0 radical (unpaired) electrons. The molecular weight excluding hydrogens is 324 g/mol. The van der Waals surface area contributed by atoms with Crippen molar-refractivity contribution in [1.29, 1.82) is 0 Å². The summed E-state index contributed by atoms with van der Waals surface area (Å²) in [4.78, 5) is 0. The molecule has 1 aliphatic heterocycles. The molecule has 0 saturated carbocycles. The van der Waals surface area contributed by atoms with Crippen LogP contribution in [0, 0.1) is 0 Å². The molecule has 26 heavy (non-hydrogen) atoms. The molecule has 1 aromatic heterocycles. The Kier molecular flexibility index (Phi) is 4.86. The number of fused-ring (bicyclic) bond motifs is 1. The Balaban J connectivity index is 1.39. The summed E-state index contributed by atoms with van der Waals surface area (Å²) < 4.78 is 2.31. The topological polar surface area (TPSA) is 63.0 Å². The number of hydrogen-bond donors (Lipinski definition) is 2. The normalized spacial score (nSPS) is 13.8. The van der Waals surface area contributed by atoms with Gasteiger partial charge >= 0.3 is 0 Å². The van der Waals surface area contributed by atoms with Crippen LogP contribution in [-0.4, -0.2) is 19.9 Å². The molecule has 3 aromatic rings. The lowest BCUT2D eigenvalue weighted by atomic mass is 10.1. The first-order chi connectivity index (χ1) is 12.8. The van der Waals surface area contributed by atoms with Gasteiger partial charge in [-0.15, -0.1) is 10.2 Å². The number of phenolic OH excluding ortho intramolecular Hbond substituents is 1. The smallest absolute Gasteiger partial charge is 0.137 e. The van der Waals surface area contributed by atoms with E-state index in [1.807, 2.05) is 12.1 Å². The molecule has 0 saturated heterocycles. The highest BCUT2D eigenvalue weighted by atomic mass is 16.3. The first-order valence-electron chi connectivity index (χ1n) is 9.29. The van der Waals surface area contributed by atoms with Gasteiger partial charge in [0.25, 0.3) is 0 Å². The highest BCUT2D eigenvalue weighted by Crippen LogP contribution is 2.18. The molecule has 1 aliphatic rings. The molecule has 0 spiro atoms. The molecule has 2 heterocycles. The number of aromatic nitrogens is 3. The van der Waals surface area contributed by atoms with E-state index in [4.69, 9.17) is 0 Å². The number of phenols is 1. The molecule has 0 aliphatic carbocycles. The van der Waals surface area contributed by atoms with Gasteiger partial charge in [0.2, 0.25) is 0 Å². The average Bonchev–Trinajstić information content (AvgIpc) is 2.88. The molecular formula is C21H24N4O. The SMILES string of the molecule is Oc1cccc(CNc2ccc(Cc3nnc4n3CCCCC4)cc2)c1. The van der Waals surface area contributed by atoms with Gasteiger partial charge in [-0.1, -0.05) is 30.7 Å². The summed E-state index contributed by atoms with van der Waals surface area (Å²) in [5.41, 5.74) is 3.37. The maximum Gasteiger partial charge on any atom is 0.137 e. The van der Waals surface area contributed by atoms with Crippen molar-refractivity contribution in [2.45, 2.75) is 45.2 Å². The van der Waals surface area contributed by atoms with Gasteiger partial charge in [0.15, 0.2) is 0 Å². The molecule has 4 rings (SSSR count). The Bertz CT molecular complexity index is 870. The first kappa shape index (κ1) is 16.6. The van der Waals surface area contributed by atoms with Crippen molar-refractivity contribution in [2.75, 3.05) is 5.32 Å². The lowest BCUT2D eigenvalue weighted by Gasteiger charge is -2.09. The summed E-state index contributed by atoms with van der Waals surface area (Å²) in [6.07, 6.45) is 5.58. The molecule has 5 heteroatoms. The van der Waals surface area contributed by atoms with Crippen LogP contribution in [0.25, 0.3) is 0 Å². The van der Waals surface area contributed by atoms with E-state index in [1.165, 1.54) is 24.8 Å². The summed E-state index contributed by atoms with van der Waals surface area (Å²) in [5.74, 6) is 2.51. The van der Waals surface area contributed by atoms with Crippen LogP contribution >= 0.6 is 0 Å². The highest BCUT2D eigenvalue weighted by molar-refractivity contribution is 5.46. The Morgan fingerprint density at radius 2 is 1.85 bits per heavy atom.